The number of aliphatic carboxylic acids is 2. The van der Waals surface area contributed by atoms with E-state index in [9.17, 15) is 19.8 Å². The number of hydrogen-bond donors (Lipinski definition) is 6. The van der Waals surface area contributed by atoms with Crippen LogP contribution in [0.15, 0.2) is 36.4 Å². The highest BCUT2D eigenvalue weighted by Gasteiger charge is 2.17. The maximum absolute atomic E-state index is 11.0. The number of phenolic OH excluding ortho intramolecular Hbond substituents is 2. The van der Waals surface area contributed by atoms with Crippen molar-refractivity contribution in [3.63, 3.8) is 0 Å². The molecular formula is C20H26N4O6. The van der Waals surface area contributed by atoms with E-state index >= 15 is 0 Å². The van der Waals surface area contributed by atoms with Crippen molar-refractivity contribution in [2.45, 2.75) is 13.1 Å². The molecule has 0 amide bonds. The molecule has 0 spiro atoms. The van der Waals surface area contributed by atoms with Crippen LogP contribution in [0.25, 0.3) is 0 Å². The summed E-state index contributed by atoms with van der Waals surface area (Å²) >= 11 is 0. The fourth-order valence-electron chi connectivity index (χ4n) is 3.04. The van der Waals surface area contributed by atoms with Crippen LogP contribution in [0.2, 0.25) is 0 Å². The van der Waals surface area contributed by atoms with E-state index in [4.69, 9.17) is 21.7 Å². The first kappa shape index (κ1) is 22.8. The van der Waals surface area contributed by atoms with Crippen molar-refractivity contribution < 1.29 is 30.0 Å². The van der Waals surface area contributed by atoms with E-state index in [2.05, 4.69) is 0 Å². The smallest absolute Gasteiger partial charge is 0.317 e. The Bertz CT molecular complexity index is 835. The summed E-state index contributed by atoms with van der Waals surface area (Å²) in [5.74, 6) is -2.19. The number of carboxylic acid groups (broad SMARTS) is 2. The molecule has 2 aromatic carbocycles. The average molecular weight is 418 g/mol. The van der Waals surface area contributed by atoms with Gasteiger partial charge in [-0.05, 0) is 36.4 Å². The highest BCUT2D eigenvalue weighted by atomic mass is 16.4. The van der Waals surface area contributed by atoms with E-state index in [1.807, 2.05) is 4.90 Å². The average Bonchev–Trinajstić information content (AvgIpc) is 2.64. The number of carbonyl (C=O) groups is 2. The van der Waals surface area contributed by atoms with Gasteiger partial charge in [-0.15, -0.1) is 0 Å². The molecular weight excluding hydrogens is 392 g/mol. The Hall–Kier alpha value is -3.50. The van der Waals surface area contributed by atoms with Crippen molar-refractivity contribution >= 4 is 23.3 Å². The number of hydrogen-bond acceptors (Lipinski definition) is 8. The molecule has 0 radical (unpaired) electrons. The first-order valence-electron chi connectivity index (χ1n) is 9.17. The monoisotopic (exact) mass is 418 g/mol. The summed E-state index contributed by atoms with van der Waals surface area (Å²) in [5, 5.41) is 38.3. The third-order valence-electron chi connectivity index (χ3n) is 4.45. The molecule has 0 aliphatic heterocycles. The molecule has 162 valence electrons. The van der Waals surface area contributed by atoms with Gasteiger partial charge in [0.15, 0.2) is 0 Å². The normalized spacial score (nSPS) is 11.1. The predicted molar refractivity (Wildman–Crippen MR) is 111 cm³/mol. The third-order valence-corrected chi connectivity index (χ3v) is 4.45. The van der Waals surface area contributed by atoms with E-state index < -0.39 is 25.0 Å². The van der Waals surface area contributed by atoms with Crippen LogP contribution in [0, 0.1) is 0 Å². The van der Waals surface area contributed by atoms with Gasteiger partial charge in [0.25, 0.3) is 0 Å². The highest BCUT2D eigenvalue weighted by molar-refractivity contribution is 5.72. The summed E-state index contributed by atoms with van der Waals surface area (Å²) in [6.07, 6.45) is 0. The van der Waals surface area contributed by atoms with E-state index in [1.54, 1.807) is 24.3 Å². The zero-order valence-electron chi connectivity index (χ0n) is 16.4. The molecule has 8 N–H and O–H groups in total. The second-order valence-electron chi connectivity index (χ2n) is 6.99. The van der Waals surface area contributed by atoms with Crippen molar-refractivity contribution in [3.05, 3.63) is 47.5 Å². The van der Waals surface area contributed by atoms with E-state index in [1.165, 1.54) is 17.0 Å². The lowest BCUT2D eigenvalue weighted by molar-refractivity contribution is -0.141. The number of nitrogens with zero attached hydrogens (tertiary/aromatic N) is 2. The molecule has 0 bridgehead atoms. The Morgan fingerprint density at radius 3 is 1.53 bits per heavy atom. The molecule has 0 saturated carbocycles. The zero-order valence-corrected chi connectivity index (χ0v) is 16.4. The van der Waals surface area contributed by atoms with Gasteiger partial charge >= 0.3 is 11.9 Å². The van der Waals surface area contributed by atoms with E-state index in [0.717, 1.165) is 0 Å². The second kappa shape index (κ2) is 10.3. The predicted octanol–water partition coefficient (Wildman–Crippen LogP) is 0.736. The fraction of sp³-hybridized carbons (Fsp3) is 0.300. The Balaban J connectivity index is 2.22. The SMILES string of the molecule is Nc1ccc(O)c(CN(CCN(CC(=O)O)CC(=O)O)Cc2cc(N)ccc2O)c1. The highest BCUT2D eigenvalue weighted by Crippen LogP contribution is 2.25. The molecule has 10 nitrogen and oxygen atoms in total. The first-order chi connectivity index (χ1) is 14.1. The van der Waals surface area contributed by atoms with E-state index in [-0.39, 0.29) is 37.7 Å². The van der Waals surface area contributed by atoms with Crippen LogP contribution >= 0.6 is 0 Å². The van der Waals surface area contributed by atoms with Gasteiger partial charge in [-0.3, -0.25) is 19.4 Å². The Kier molecular flexibility index (Phi) is 7.84. The van der Waals surface area contributed by atoms with Crippen LogP contribution in [0.1, 0.15) is 11.1 Å². The maximum atomic E-state index is 11.0. The summed E-state index contributed by atoms with van der Waals surface area (Å²) in [4.78, 5) is 25.2. The van der Waals surface area contributed by atoms with Gasteiger partial charge in [-0.25, -0.2) is 0 Å². The number of anilines is 2. The van der Waals surface area contributed by atoms with Crippen LogP contribution in [0.4, 0.5) is 11.4 Å². The number of carboxylic acids is 2. The number of nitrogens with two attached hydrogens (primary N) is 2. The minimum Gasteiger partial charge on any atom is -0.508 e. The first-order valence-corrected chi connectivity index (χ1v) is 9.17. The summed E-state index contributed by atoms with van der Waals surface area (Å²) in [7, 11) is 0. The van der Waals surface area contributed by atoms with Crippen LogP contribution in [0.3, 0.4) is 0 Å². The molecule has 0 atom stereocenters. The summed E-state index contributed by atoms with van der Waals surface area (Å²) in [5.41, 5.74) is 13.6. The molecule has 0 fully saturated rings. The van der Waals surface area contributed by atoms with Crippen LogP contribution in [-0.2, 0) is 22.7 Å². The number of phenols is 2. The van der Waals surface area contributed by atoms with Gasteiger partial charge in [0.2, 0.25) is 0 Å². The van der Waals surface area contributed by atoms with Crippen LogP contribution in [-0.4, -0.2) is 68.3 Å². The number of benzene rings is 2. The molecule has 30 heavy (non-hydrogen) atoms. The van der Waals surface area contributed by atoms with Crippen LogP contribution < -0.4 is 11.5 Å². The largest absolute Gasteiger partial charge is 0.508 e. The van der Waals surface area contributed by atoms with Crippen molar-refractivity contribution in [1.82, 2.24) is 9.80 Å². The molecule has 0 aromatic heterocycles. The van der Waals surface area contributed by atoms with Gasteiger partial charge in [-0.2, -0.15) is 0 Å². The van der Waals surface area contributed by atoms with Gasteiger partial charge < -0.3 is 31.9 Å². The molecule has 0 aliphatic rings. The third kappa shape index (κ3) is 7.15. The quantitative estimate of drug-likeness (QED) is 0.225. The molecule has 10 heteroatoms. The van der Waals surface area contributed by atoms with Gasteiger partial charge in [0.1, 0.15) is 11.5 Å². The van der Waals surface area contributed by atoms with Crippen LogP contribution in [0.5, 0.6) is 11.5 Å². The second-order valence-corrected chi connectivity index (χ2v) is 6.99. The minimum absolute atomic E-state index is 0.0407. The summed E-state index contributed by atoms with van der Waals surface area (Å²) < 4.78 is 0. The topological polar surface area (TPSA) is 174 Å². The van der Waals surface area contributed by atoms with Crippen molar-refractivity contribution in [1.29, 1.82) is 0 Å². The lowest BCUT2D eigenvalue weighted by Gasteiger charge is -2.27. The van der Waals surface area contributed by atoms with Crippen molar-refractivity contribution in [2.24, 2.45) is 0 Å². The Morgan fingerprint density at radius 1 is 0.733 bits per heavy atom. The lowest BCUT2D eigenvalue weighted by atomic mass is 10.1. The van der Waals surface area contributed by atoms with E-state index in [0.29, 0.717) is 22.5 Å². The summed E-state index contributed by atoms with van der Waals surface area (Å²) in [6.45, 7) is 0.0341. The molecule has 0 aliphatic carbocycles. The molecule has 0 unspecified atom stereocenters. The Morgan fingerprint density at radius 2 is 1.13 bits per heavy atom. The van der Waals surface area contributed by atoms with Gasteiger partial charge in [0.05, 0.1) is 13.1 Å². The number of nitrogen functional groups attached to an aromatic ring is 2. The number of aromatic hydroxyl groups is 2. The van der Waals surface area contributed by atoms with Gasteiger partial charge in [-0.1, -0.05) is 0 Å². The standard InChI is InChI=1S/C20H26N4O6/c21-15-1-3-17(25)13(7-15)9-23(10-14-8-16(22)2-4-18(14)26)5-6-24(11-19(27)28)12-20(29)30/h1-4,7-8,25-26H,5-6,9-12,21-22H2,(H,27,28)(H,29,30). The maximum Gasteiger partial charge on any atom is 0.317 e. The lowest BCUT2D eigenvalue weighted by Crippen LogP contribution is -2.40. The molecule has 0 heterocycles. The molecule has 0 saturated heterocycles. The van der Waals surface area contributed by atoms with Crippen molar-refractivity contribution in [3.8, 4) is 11.5 Å². The summed E-state index contributed by atoms with van der Waals surface area (Å²) in [6, 6.07) is 9.31. The zero-order chi connectivity index (χ0) is 22.3. The number of rotatable bonds is 11. The van der Waals surface area contributed by atoms with Gasteiger partial charge in [0, 0.05) is 48.7 Å². The molecule has 2 aromatic rings. The molecule has 2 rings (SSSR count). The minimum atomic E-state index is -1.13. The Labute approximate surface area is 173 Å². The van der Waals surface area contributed by atoms with Crippen molar-refractivity contribution in [2.75, 3.05) is 37.6 Å². The fourth-order valence-corrected chi connectivity index (χ4v) is 3.04.